The number of hydrogen-bond acceptors (Lipinski definition) is 4. The summed E-state index contributed by atoms with van der Waals surface area (Å²) < 4.78 is 2.57. The number of fused-ring (bicyclic) bond motifs is 2. The van der Waals surface area contributed by atoms with Gasteiger partial charge in [0.25, 0.3) is 0 Å². The lowest BCUT2D eigenvalue weighted by molar-refractivity contribution is 0.182. The highest BCUT2D eigenvalue weighted by molar-refractivity contribution is 5.76. The Labute approximate surface area is 186 Å². The predicted molar refractivity (Wildman–Crippen MR) is 126 cm³/mol. The van der Waals surface area contributed by atoms with Gasteiger partial charge in [-0.25, -0.2) is 4.98 Å². The van der Waals surface area contributed by atoms with Crippen molar-refractivity contribution >= 4 is 11.0 Å². The van der Waals surface area contributed by atoms with Crippen molar-refractivity contribution in [1.82, 2.24) is 24.3 Å². The maximum Gasteiger partial charge on any atom is 0.124 e. The third kappa shape index (κ3) is 4.01. The standard InChI is InChI=1S/C26H35N5/c1-29(2)20-13-15-21(16-14-20)31-23-11-5-4-10-22(23)28-25(31)18-30(3)24-12-6-8-19-9-7-17-27-26(19)24/h4-5,7,9-11,17,20-21,24H,6,8,12-16,18H2,1-3H3. The molecule has 2 aromatic heterocycles. The number of benzene rings is 1. The van der Waals surface area contributed by atoms with Gasteiger partial charge in [-0.2, -0.15) is 0 Å². The fraction of sp³-hybridized carbons (Fsp3) is 0.538. The Kier molecular flexibility index (Phi) is 5.81. The first-order chi connectivity index (χ1) is 15.1. The maximum absolute atomic E-state index is 5.12. The van der Waals surface area contributed by atoms with E-state index in [-0.39, 0.29) is 0 Å². The second-order valence-electron chi connectivity index (χ2n) is 9.68. The van der Waals surface area contributed by atoms with Crippen LogP contribution in [0.25, 0.3) is 11.0 Å². The molecule has 5 nitrogen and oxygen atoms in total. The number of nitrogens with zero attached hydrogens (tertiary/aromatic N) is 5. The smallest absolute Gasteiger partial charge is 0.124 e. The first kappa shape index (κ1) is 20.7. The molecule has 5 rings (SSSR count). The molecular weight excluding hydrogens is 382 g/mol. The van der Waals surface area contributed by atoms with E-state index in [0.717, 1.165) is 18.5 Å². The molecule has 1 fully saturated rings. The largest absolute Gasteiger partial charge is 0.324 e. The second-order valence-corrected chi connectivity index (χ2v) is 9.68. The van der Waals surface area contributed by atoms with Gasteiger partial charge in [0.05, 0.1) is 29.3 Å². The molecule has 2 aliphatic rings. The van der Waals surface area contributed by atoms with Crippen molar-refractivity contribution in [3.05, 3.63) is 59.7 Å². The normalized spacial score (nSPS) is 24.1. The quantitative estimate of drug-likeness (QED) is 0.586. The molecule has 0 bridgehead atoms. The van der Waals surface area contributed by atoms with E-state index in [1.807, 2.05) is 6.20 Å². The molecule has 0 N–H and O–H groups in total. The van der Waals surface area contributed by atoms with Crippen molar-refractivity contribution in [2.45, 2.75) is 69.6 Å². The van der Waals surface area contributed by atoms with E-state index >= 15 is 0 Å². The molecule has 0 amide bonds. The SMILES string of the molecule is CN(C)C1CCC(n2c(CN(C)C3CCCc4cccnc43)nc3ccccc32)CC1. The van der Waals surface area contributed by atoms with Gasteiger partial charge < -0.3 is 9.47 Å². The first-order valence-electron chi connectivity index (χ1n) is 11.9. The fourth-order valence-electron chi connectivity index (χ4n) is 5.79. The molecule has 3 aromatic rings. The average molecular weight is 418 g/mol. The van der Waals surface area contributed by atoms with E-state index in [1.54, 1.807) is 0 Å². The molecule has 2 heterocycles. The van der Waals surface area contributed by atoms with Gasteiger partial charge in [0.15, 0.2) is 0 Å². The molecule has 5 heteroatoms. The van der Waals surface area contributed by atoms with E-state index in [4.69, 9.17) is 9.97 Å². The van der Waals surface area contributed by atoms with Crippen LogP contribution in [0.4, 0.5) is 0 Å². The first-order valence-corrected chi connectivity index (χ1v) is 11.9. The Morgan fingerprint density at radius 1 is 0.968 bits per heavy atom. The summed E-state index contributed by atoms with van der Waals surface area (Å²) in [7, 11) is 6.68. The van der Waals surface area contributed by atoms with Crippen LogP contribution in [-0.4, -0.2) is 51.5 Å². The molecule has 1 saturated carbocycles. The van der Waals surface area contributed by atoms with Gasteiger partial charge in [0.2, 0.25) is 0 Å². The van der Waals surface area contributed by atoms with Crippen LogP contribution in [0.2, 0.25) is 0 Å². The van der Waals surface area contributed by atoms with Crippen molar-refractivity contribution in [3.8, 4) is 0 Å². The molecule has 1 unspecified atom stereocenters. The predicted octanol–water partition coefficient (Wildman–Crippen LogP) is 4.99. The maximum atomic E-state index is 5.12. The molecule has 164 valence electrons. The van der Waals surface area contributed by atoms with Gasteiger partial charge in [0.1, 0.15) is 5.82 Å². The molecule has 1 aromatic carbocycles. The topological polar surface area (TPSA) is 37.2 Å². The summed E-state index contributed by atoms with van der Waals surface area (Å²) in [6.45, 7) is 0.864. The van der Waals surface area contributed by atoms with E-state index in [9.17, 15) is 0 Å². The summed E-state index contributed by atoms with van der Waals surface area (Å²) >= 11 is 0. The zero-order valence-corrected chi connectivity index (χ0v) is 19.2. The number of hydrogen-bond donors (Lipinski definition) is 0. The lowest BCUT2D eigenvalue weighted by Crippen LogP contribution is -2.34. The molecule has 0 radical (unpaired) electrons. The number of aryl methyl sites for hydroxylation is 1. The van der Waals surface area contributed by atoms with Crippen molar-refractivity contribution in [1.29, 1.82) is 0 Å². The average Bonchev–Trinajstić information content (AvgIpc) is 3.16. The minimum atomic E-state index is 0.377. The van der Waals surface area contributed by atoms with Crippen LogP contribution >= 0.6 is 0 Å². The summed E-state index contributed by atoms with van der Waals surface area (Å²) in [5.41, 5.74) is 5.11. The van der Waals surface area contributed by atoms with Crippen LogP contribution in [0.15, 0.2) is 42.6 Å². The summed E-state index contributed by atoms with van der Waals surface area (Å²) in [4.78, 5) is 14.8. The van der Waals surface area contributed by atoms with E-state index < -0.39 is 0 Å². The lowest BCUT2D eigenvalue weighted by atomic mass is 9.90. The summed E-state index contributed by atoms with van der Waals surface area (Å²) in [5, 5.41) is 0. The number of aromatic nitrogens is 3. The third-order valence-electron chi connectivity index (χ3n) is 7.52. The molecule has 1 atom stereocenters. The van der Waals surface area contributed by atoms with Crippen LogP contribution in [0.1, 0.15) is 67.7 Å². The van der Waals surface area contributed by atoms with Crippen molar-refractivity contribution < 1.29 is 0 Å². The van der Waals surface area contributed by atoms with Crippen LogP contribution in [-0.2, 0) is 13.0 Å². The van der Waals surface area contributed by atoms with Gasteiger partial charge in [0, 0.05) is 18.3 Å². The lowest BCUT2D eigenvalue weighted by Gasteiger charge is -2.35. The van der Waals surface area contributed by atoms with Gasteiger partial charge >= 0.3 is 0 Å². The van der Waals surface area contributed by atoms with Gasteiger partial charge in [-0.3, -0.25) is 9.88 Å². The number of pyridine rings is 1. The van der Waals surface area contributed by atoms with E-state index in [2.05, 4.69) is 71.9 Å². The minimum absolute atomic E-state index is 0.377. The Morgan fingerprint density at radius 2 is 1.77 bits per heavy atom. The number of para-hydroxylation sites is 2. The van der Waals surface area contributed by atoms with Crippen LogP contribution in [0.5, 0.6) is 0 Å². The van der Waals surface area contributed by atoms with Gasteiger partial charge in [-0.05, 0) is 89.9 Å². The summed E-state index contributed by atoms with van der Waals surface area (Å²) in [5.74, 6) is 1.21. The molecule has 0 aliphatic heterocycles. The minimum Gasteiger partial charge on any atom is -0.324 e. The molecule has 2 aliphatic carbocycles. The highest BCUT2D eigenvalue weighted by Crippen LogP contribution is 2.36. The van der Waals surface area contributed by atoms with Crippen LogP contribution in [0, 0.1) is 0 Å². The summed E-state index contributed by atoms with van der Waals surface area (Å²) in [6, 6.07) is 14.6. The van der Waals surface area contributed by atoms with Crippen molar-refractivity contribution in [2.24, 2.45) is 0 Å². The number of rotatable bonds is 5. The van der Waals surface area contributed by atoms with Crippen LogP contribution in [0.3, 0.4) is 0 Å². The Bertz CT molecular complexity index is 1030. The number of imidazole rings is 1. The highest BCUT2D eigenvalue weighted by atomic mass is 15.2. The zero-order chi connectivity index (χ0) is 21.4. The Balaban J connectivity index is 1.43. The van der Waals surface area contributed by atoms with Crippen molar-refractivity contribution in [3.63, 3.8) is 0 Å². The Morgan fingerprint density at radius 3 is 2.58 bits per heavy atom. The Hall–Kier alpha value is -2.24. The summed E-state index contributed by atoms with van der Waals surface area (Å²) in [6.07, 6.45) is 10.5. The van der Waals surface area contributed by atoms with Gasteiger partial charge in [-0.1, -0.05) is 18.2 Å². The zero-order valence-electron chi connectivity index (χ0n) is 19.2. The van der Waals surface area contributed by atoms with E-state index in [0.29, 0.717) is 18.1 Å². The van der Waals surface area contributed by atoms with Crippen molar-refractivity contribution in [2.75, 3.05) is 21.1 Å². The monoisotopic (exact) mass is 417 g/mol. The van der Waals surface area contributed by atoms with Gasteiger partial charge in [-0.15, -0.1) is 0 Å². The third-order valence-corrected chi connectivity index (χ3v) is 7.52. The van der Waals surface area contributed by atoms with Crippen LogP contribution < -0.4 is 0 Å². The molecule has 0 spiro atoms. The highest BCUT2D eigenvalue weighted by Gasteiger charge is 2.29. The molecule has 0 saturated heterocycles. The second kappa shape index (κ2) is 8.71. The fourth-order valence-corrected chi connectivity index (χ4v) is 5.79. The molecular formula is C26H35N5. The molecule has 31 heavy (non-hydrogen) atoms. The van der Waals surface area contributed by atoms with E-state index in [1.165, 1.54) is 61.1 Å².